The van der Waals surface area contributed by atoms with E-state index >= 15 is 0 Å². The average molecular weight is 486 g/mol. The van der Waals surface area contributed by atoms with Crippen molar-refractivity contribution in [2.24, 2.45) is 0 Å². The lowest BCUT2D eigenvalue weighted by Crippen LogP contribution is -2.11. The zero-order valence-electron chi connectivity index (χ0n) is 17.7. The van der Waals surface area contributed by atoms with Gasteiger partial charge in [-0.15, -0.1) is 15.9 Å². The van der Waals surface area contributed by atoms with Gasteiger partial charge in [0.15, 0.2) is 5.69 Å². The summed E-state index contributed by atoms with van der Waals surface area (Å²) in [5.41, 5.74) is 5.97. The van der Waals surface area contributed by atoms with Crippen molar-refractivity contribution in [2.45, 2.75) is 26.2 Å². The van der Waals surface area contributed by atoms with Crippen molar-refractivity contribution in [3.63, 3.8) is 0 Å². The summed E-state index contributed by atoms with van der Waals surface area (Å²) in [6, 6.07) is 12.6. The number of nitrogens with zero attached hydrogens (tertiary/aromatic N) is 4. The molecule has 0 saturated carbocycles. The van der Waals surface area contributed by atoms with Crippen LogP contribution in [0.5, 0.6) is 0 Å². The van der Waals surface area contributed by atoms with Gasteiger partial charge in [0.25, 0.3) is 5.89 Å². The summed E-state index contributed by atoms with van der Waals surface area (Å²) in [5, 5.41) is 14.9. The molecule has 0 N–H and O–H groups in total. The fourth-order valence-electron chi connectivity index (χ4n) is 3.16. The molecule has 2 aromatic heterocycles. The second-order valence-electron chi connectivity index (χ2n) is 8.14. The van der Waals surface area contributed by atoms with Crippen LogP contribution in [0.4, 0.5) is 0 Å². The predicted octanol–water partition coefficient (Wildman–Crippen LogP) is 7.65. The Balaban J connectivity index is 2.04. The molecule has 0 aliphatic rings. The molecule has 0 spiro atoms. The highest BCUT2D eigenvalue weighted by atomic mass is 35.5. The summed E-state index contributed by atoms with van der Waals surface area (Å²) in [6.45, 7) is 9.75. The van der Waals surface area contributed by atoms with Gasteiger partial charge in [0, 0.05) is 26.6 Å². The number of hydrogen-bond acceptors (Lipinski definition) is 4. The van der Waals surface area contributed by atoms with E-state index in [4.69, 9.17) is 44.3 Å². The van der Waals surface area contributed by atoms with E-state index < -0.39 is 0 Å². The van der Waals surface area contributed by atoms with Gasteiger partial charge in [-0.05, 0) is 36.4 Å². The van der Waals surface area contributed by atoms with Gasteiger partial charge in [0.2, 0.25) is 5.89 Å². The summed E-state index contributed by atoms with van der Waals surface area (Å²) in [7, 11) is 0. The molecule has 0 unspecified atom stereocenters. The van der Waals surface area contributed by atoms with E-state index in [-0.39, 0.29) is 11.3 Å². The van der Waals surface area contributed by atoms with E-state index in [0.29, 0.717) is 37.9 Å². The molecular formula is C24H19Cl3N4O. The smallest absolute Gasteiger partial charge is 0.268 e. The van der Waals surface area contributed by atoms with Crippen LogP contribution in [0.15, 0.2) is 59.2 Å². The maximum absolute atomic E-state index is 6.54. The van der Waals surface area contributed by atoms with Crippen LogP contribution in [-0.2, 0) is 5.41 Å². The molecule has 2 aromatic carbocycles. The summed E-state index contributed by atoms with van der Waals surface area (Å²) >= 11 is 18.8. The molecule has 0 aliphatic carbocycles. The van der Waals surface area contributed by atoms with E-state index in [1.807, 2.05) is 45.0 Å². The maximum Gasteiger partial charge on any atom is 0.268 e. The highest BCUT2D eigenvalue weighted by Gasteiger charge is 2.27. The number of benzene rings is 2. The third kappa shape index (κ3) is 4.25. The largest absolute Gasteiger partial charge is 0.419 e. The van der Waals surface area contributed by atoms with Gasteiger partial charge >= 0.3 is 0 Å². The normalized spacial score (nSPS) is 11.4. The molecule has 0 bridgehead atoms. The van der Waals surface area contributed by atoms with E-state index in [2.05, 4.69) is 22.5 Å². The lowest BCUT2D eigenvalue weighted by atomic mass is 9.97. The molecule has 162 valence electrons. The fourth-order valence-corrected chi connectivity index (χ4v) is 3.78. The molecule has 4 rings (SSSR count). The van der Waals surface area contributed by atoms with Gasteiger partial charge in [0.05, 0.1) is 16.4 Å². The van der Waals surface area contributed by atoms with Gasteiger partial charge < -0.3 is 4.42 Å². The Morgan fingerprint density at radius 2 is 1.69 bits per heavy atom. The van der Waals surface area contributed by atoms with Crippen LogP contribution in [0.3, 0.4) is 0 Å². The molecule has 0 atom stereocenters. The number of aromatic nitrogens is 4. The minimum atomic E-state index is -0.305. The first-order chi connectivity index (χ1) is 15.2. The highest BCUT2D eigenvalue weighted by molar-refractivity contribution is 6.35. The molecule has 5 nitrogen and oxygen atoms in total. The molecule has 8 heteroatoms. The van der Waals surface area contributed by atoms with Crippen molar-refractivity contribution in [2.75, 3.05) is 0 Å². The van der Waals surface area contributed by atoms with Gasteiger partial charge in [-0.25, -0.2) is 4.68 Å². The third-order valence-electron chi connectivity index (χ3n) is 4.69. The minimum absolute atomic E-state index is 0.287. The van der Waals surface area contributed by atoms with Crippen molar-refractivity contribution in [1.82, 2.24) is 20.0 Å². The van der Waals surface area contributed by atoms with Crippen LogP contribution >= 0.6 is 34.8 Å². The van der Waals surface area contributed by atoms with Crippen LogP contribution in [0.25, 0.3) is 34.6 Å². The van der Waals surface area contributed by atoms with Crippen LogP contribution in [0, 0.1) is 0 Å². The zero-order valence-corrected chi connectivity index (χ0v) is 19.9. The first-order valence-corrected chi connectivity index (χ1v) is 10.9. The topological polar surface area (TPSA) is 56.7 Å². The van der Waals surface area contributed by atoms with Crippen molar-refractivity contribution in [3.05, 3.63) is 81.3 Å². The van der Waals surface area contributed by atoms with E-state index in [0.717, 1.165) is 11.3 Å². The monoisotopic (exact) mass is 484 g/mol. The van der Waals surface area contributed by atoms with Gasteiger partial charge in [-0.3, -0.25) is 0 Å². The third-order valence-corrected chi connectivity index (χ3v) is 5.48. The Bertz CT molecular complexity index is 1340. The quantitative estimate of drug-likeness (QED) is 0.279. The van der Waals surface area contributed by atoms with Crippen molar-refractivity contribution >= 4 is 40.9 Å². The first kappa shape index (κ1) is 22.4. The van der Waals surface area contributed by atoms with Crippen molar-refractivity contribution in [1.29, 1.82) is 0 Å². The van der Waals surface area contributed by atoms with Crippen molar-refractivity contribution in [3.8, 4) is 28.5 Å². The van der Waals surface area contributed by atoms with E-state index in [1.165, 1.54) is 0 Å². The van der Waals surface area contributed by atoms with E-state index in [9.17, 15) is 0 Å². The summed E-state index contributed by atoms with van der Waals surface area (Å²) < 4.78 is 7.71. The number of rotatable bonds is 4. The van der Waals surface area contributed by atoms with Gasteiger partial charge in [-0.1, -0.05) is 74.3 Å². The molecular weight excluding hydrogens is 467 g/mol. The second-order valence-corrected chi connectivity index (χ2v) is 9.42. The lowest BCUT2D eigenvalue weighted by Gasteiger charge is -2.11. The first-order valence-electron chi connectivity index (χ1n) is 9.73. The molecule has 2 heterocycles. The lowest BCUT2D eigenvalue weighted by molar-refractivity contribution is 0.398. The van der Waals surface area contributed by atoms with E-state index in [1.54, 1.807) is 29.0 Å². The van der Waals surface area contributed by atoms with Crippen LogP contribution in [0.2, 0.25) is 15.1 Å². The summed E-state index contributed by atoms with van der Waals surface area (Å²) in [6.07, 6.45) is 1.73. The molecule has 0 amide bonds. The van der Waals surface area contributed by atoms with Gasteiger partial charge in [-0.2, -0.15) is 5.10 Å². The van der Waals surface area contributed by atoms with Crippen LogP contribution < -0.4 is 0 Å². The zero-order chi connectivity index (χ0) is 23.0. The van der Waals surface area contributed by atoms with Crippen LogP contribution in [-0.4, -0.2) is 20.0 Å². The molecule has 0 fully saturated rings. The molecule has 0 aliphatic heterocycles. The standard InChI is InChI=1S/C24H19Cl3N4O/c1-5-6-17-20(22-28-29-23(32-22)24(2,3)4)30-31(19-12-11-16(26)13-18(19)27)21(17)14-7-9-15(25)10-8-14/h6-13H,1H2,2-4H3. The van der Waals surface area contributed by atoms with Crippen LogP contribution in [0.1, 0.15) is 32.2 Å². The van der Waals surface area contributed by atoms with Crippen molar-refractivity contribution < 1.29 is 4.42 Å². The number of hydrogen-bond donors (Lipinski definition) is 0. The Morgan fingerprint density at radius 3 is 2.28 bits per heavy atom. The Labute approximate surface area is 200 Å². The van der Waals surface area contributed by atoms with Gasteiger partial charge in [0.1, 0.15) is 0 Å². The second kappa shape index (κ2) is 8.61. The molecule has 0 saturated heterocycles. The molecule has 32 heavy (non-hydrogen) atoms. The minimum Gasteiger partial charge on any atom is -0.419 e. The molecule has 0 radical (unpaired) electrons. The average Bonchev–Trinajstić information content (AvgIpc) is 3.34. The number of halogens is 3. The maximum atomic E-state index is 6.54. The Hall–Kier alpha value is -2.82. The fraction of sp³-hybridized carbons (Fsp3) is 0.167. The SMILES string of the molecule is C=C=Cc1c(-c2nnc(C(C)(C)C)o2)nn(-c2ccc(Cl)cc2Cl)c1-c1ccc(Cl)cc1. The Morgan fingerprint density at radius 1 is 1.00 bits per heavy atom. The predicted molar refractivity (Wildman–Crippen MR) is 130 cm³/mol. The summed E-state index contributed by atoms with van der Waals surface area (Å²) in [5.74, 6) is 0.795. The Kier molecular flexibility index (Phi) is 6.02. The summed E-state index contributed by atoms with van der Waals surface area (Å²) in [4.78, 5) is 0. The molecule has 4 aromatic rings. The highest BCUT2D eigenvalue weighted by Crippen LogP contribution is 2.38.